The summed E-state index contributed by atoms with van der Waals surface area (Å²) in [5.41, 5.74) is 0.410. The van der Waals surface area contributed by atoms with Crippen LogP contribution in [0.5, 0.6) is 0 Å². The van der Waals surface area contributed by atoms with E-state index in [4.69, 9.17) is 4.74 Å². The maximum Gasteiger partial charge on any atom is 0.423 e. The minimum Gasteiger partial charge on any atom is -0.443 e. The number of sulfonamides is 1. The number of nitrogens with one attached hydrogen (secondary N) is 2. The van der Waals surface area contributed by atoms with Gasteiger partial charge in [-0.1, -0.05) is 12.1 Å². The quantitative estimate of drug-likeness (QED) is 0.636. The zero-order chi connectivity index (χ0) is 16.3. The molecule has 0 aliphatic carbocycles. The lowest BCUT2D eigenvalue weighted by molar-refractivity contribution is -0.387. The van der Waals surface area contributed by atoms with Gasteiger partial charge in [0.2, 0.25) is 0 Å². The average molecular weight is 317 g/mol. The number of rotatable bonds is 4. The average Bonchev–Trinajstić information content (AvgIpc) is 2.34. The smallest absolute Gasteiger partial charge is 0.423 e. The van der Waals surface area contributed by atoms with E-state index in [1.54, 1.807) is 25.6 Å². The van der Waals surface area contributed by atoms with Gasteiger partial charge in [-0.25, -0.2) is 18.6 Å². The summed E-state index contributed by atoms with van der Waals surface area (Å²) >= 11 is 0. The summed E-state index contributed by atoms with van der Waals surface area (Å²) in [6.45, 7) is 4.80. The molecule has 0 saturated heterocycles. The largest absolute Gasteiger partial charge is 0.443 e. The SMILES string of the molecule is CC(C)(C)OC(=O)NNS(=O)(=O)c1ccccc1[N+](=O)[O-]. The first-order valence-electron chi connectivity index (χ1n) is 5.77. The van der Waals surface area contributed by atoms with Crippen LogP contribution in [0.15, 0.2) is 29.2 Å². The number of hydrogen-bond acceptors (Lipinski definition) is 6. The molecule has 0 radical (unpaired) electrons. The number of nitrogens with zero attached hydrogens (tertiary/aromatic N) is 1. The molecule has 0 unspecified atom stereocenters. The molecule has 0 heterocycles. The van der Waals surface area contributed by atoms with Crippen LogP contribution in [-0.4, -0.2) is 25.0 Å². The van der Waals surface area contributed by atoms with Crippen LogP contribution in [0, 0.1) is 10.1 Å². The Morgan fingerprint density at radius 2 is 1.86 bits per heavy atom. The van der Waals surface area contributed by atoms with Crippen molar-refractivity contribution < 1.29 is 22.9 Å². The Kier molecular flexibility index (Phi) is 4.86. The van der Waals surface area contributed by atoms with Gasteiger partial charge in [-0.3, -0.25) is 10.1 Å². The highest BCUT2D eigenvalue weighted by Crippen LogP contribution is 2.22. The van der Waals surface area contributed by atoms with Crippen LogP contribution >= 0.6 is 0 Å². The maximum absolute atomic E-state index is 11.9. The third kappa shape index (κ3) is 5.00. The van der Waals surface area contributed by atoms with E-state index < -0.39 is 37.2 Å². The number of carbonyl (C=O) groups is 1. The van der Waals surface area contributed by atoms with E-state index in [1.807, 2.05) is 5.43 Å². The number of nitro groups is 1. The van der Waals surface area contributed by atoms with Crippen molar-refractivity contribution in [3.63, 3.8) is 0 Å². The van der Waals surface area contributed by atoms with Crippen LogP contribution < -0.4 is 10.3 Å². The van der Waals surface area contributed by atoms with Gasteiger partial charge in [-0.2, -0.15) is 0 Å². The molecule has 0 aliphatic heterocycles. The second kappa shape index (κ2) is 6.06. The summed E-state index contributed by atoms with van der Waals surface area (Å²) in [4.78, 5) is 22.5. The van der Waals surface area contributed by atoms with E-state index in [-0.39, 0.29) is 0 Å². The molecule has 116 valence electrons. The van der Waals surface area contributed by atoms with Gasteiger partial charge >= 0.3 is 6.09 Å². The third-order valence-corrected chi connectivity index (χ3v) is 3.33. The first kappa shape index (κ1) is 16.9. The third-order valence-electron chi connectivity index (χ3n) is 2.04. The first-order chi connectivity index (χ1) is 9.53. The number of para-hydroxylation sites is 1. The fourth-order valence-corrected chi connectivity index (χ4v) is 2.31. The maximum atomic E-state index is 11.9. The highest BCUT2D eigenvalue weighted by atomic mass is 32.2. The Balaban J connectivity index is 2.89. The predicted molar refractivity (Wildman–Crippen MR) is 72.8 cm³/mol. The minimum atomic E-state index is -4.29. The molecule has 0 bridgehead atoms. The van der Waals surface area contributed by atoms with Crippen LogP contribution in [0.2, 0.25) is 0 Å². The lowest BCUT2D eigenvalue weighted by atomic mass is 10.2. The van der Waals surface area contributed by atoms with Crippen molar-refractivity contribution in [2.75, 3.05) is 0 Å². The molecule has 1 rings (SSSR count). The highest BCUT2D eigenvalue weighted by Gasteiger charge is 2.26. The van der Waals surface area contributed by atoms with Crippen molar-refractivity contribution in [3.05, 3.63) is 34.4 Å². The monoisotopic (exact) mass is 317 g/mol. The lowest BCUT2D eigenvalue weighted by Gasteiger charge is -2.19. The van der Waals surface area contributed by atoms with E-state index in [2.05, 4.69) is 0 Å². The Morgan fingerprint density at radius 1 is 1.29 bits per heavy atom. The second-order valence-electron chi connectivity index (χ2n) is 4.96. The van der Waals surface area contributed by atoms with Gasteiger partial charge in [-0.15, -0.1) is 4.83 Å². The van der Waals surface area contributed by atoms with Gasteiger partial charge < -0.3 is 4.74 Å². The highest BCUT2D eigenvalue weighted by molar-refractivity contribution is 7.89. The van der Waals surface area contributed by atoms with Crippen molar-refractivity contribution >= 4 is 21.8 Å². The molecule has 0 aromatic heterocycles. The number of carbonyl (C=O) groups excluding carboxylic acids is 1. The Morgan fingerprint density at radius 3 is 2.38 bits per heavy atom. The first-order valence-corrected chi connectivity index (χ1v) is 7.25. The van der Waals surface area contributed by atoms with Crippen LogP contribution in [0.4, 0.5) is 10.5 Å². The van der Waals surface area contributed by atoms with Crippen LogP contribution in [0.1, 0.15) is 20.8 Å². The summed E-state index contributed by atoms with van der Waals surface area (Å²) in [6, 6.07) is 4.76. The Hall–Kier alpha value is -2.20. The van der Waals surface area contributed by atoms with E-state index in [0.29, 0.717) is 0 Å². The zero-order valence-corrected chi connectivity index (χ0v) is 12.4. The van der Waals surface area contributed by atoms with Crippen molar-refractivity contribution in [1.82, 2.24) is 10.3 Å². The molecule has 1 amide bonds. The topological polar surface area (TPSA) is 128 Å². The molecule has 0 saturated carbocycles. The standard InChI is InChI=1S/C11H15N3O6S/c1-11(2,3)20-10(15)12-13-21(18,19)9-7-5-4-6-8(9)14(16)17/h4-7,13H,1-3H3,(H,12,15). The summed E-state index contributed by atoms with van der Waals surface area (Å²) in [7, 11) is -4.29. The number of nitro benzene ring substituents is 1. The zero-order valence-electron chi connectivity index (χ0n) is 11.6. The van der Waals surface area contributed by atoms with Crippen LogP contribution in [0.25, 0.3) is 0 Å². The van der Waals surface area contributed by atoms with Crippen LogP contribution in [0.3, 0.4) is 0 Å². The molecule has 2 N–H and O–H groups in total. The summed E-state index contributed by atoms with van der Waals surface area (Å²) in [6.07, 6.45) is -1.02. The normalized spacial score (nSPS) is 11.8. The van der Waals surface area contributed by atoms with E-state index in [9.17, 15) is 23.3 Å². The number of amides is 1. The van der Waals surface area contributed by atoms with E-state index >= 15 is 0 Å². The molecule has 0 aliphatic rings. The van der Waals surface area contributed by atoms with Gasteiger partial charge in [0.15, 0.2) is 4.90 Å². The number of ether oxygens (including phenoxy) is 1. The van der Waals surface area contributed by atoms with Gasteiger partial charge in [-0.05, 0) is 26.8 Å². The van der Waals surface area contributed by atoms with Gasteiger partial charge in [0.1, 0.15) is 5.60 Å². The molecule has 21 heavy (non-hydrogen) atoms. The summed E-state index contributed by atoms with van der Waals surface area (Å²) in [5, 5.41) is 10.8. The summed E-state index contributed by atoms with van der Waals surface area (Å²) in [5.74, 6) is 0. The van der Waals surface area contributed by atoms with Gasteiger partial charge in [0, 0.05) is 6.07 Å². The predicted octanol–water partition coefficient (Wildman–Crippen LogP) is 1.31. The number of benzene rings is 1. The van der Waals surface area contributed by atoms with Crippen molar-refractivity contribution in [1.29, 1.82) is 0 Å². The lowest BCUT2D eigenvalue weighted by Crippen LogP contribution is -2.44. The number of hydrogen-bond donors (Lipinski definition) is 2. The Bertz CT molecular complexity index is 650. The van der Waals surface area contributed by atoms with Crippen LogP contribution in [-0.2, 0) is 14.8 Å². The molecule has 0 atom stereocenters. The fourth-order valence-electron chi connectivity index (χ4n) is 1.30. The van der Waals surface area contributed by atoms with Gasteiger partial charge in [0.05, 0.1) is 4.92 Å². The molecule has 10 heteroatoms. The van der Waals surface area contributed by atoms with Crippen molar-refractivity contribution in [3.8, 4) is 0 Å². The Labute approximate surface area is 121 Å². The molecule has 1 aromatic rings. The molecule has 9 nitrogen and oxygen atoms in total. The molecule has 1 aromatic carbocycles. The fraction of sp³-hybridized carbons (Fsp3) is 0.364. The van der Waals surface area contributed by atoms with Crippen molar-refractivity contribution in [2.45, 2.75) is 31.3 Å². The molecular formula is C11H15N3O6S. The second-order valence-corrected chi connectivity index (χ2v) is 6.61. The van der Waals surface area contributed by atoms with Crippen molar-refractivity contribution in [2.24, 2.45) is 0 Å². The van der Waals surface area contributed by atoms with E-state index in [1.165, 1.54) is 12.1 Å². The van der Waals surface area contributed by atoms with Gasteiger partial charge in [0.25, 0.3) is 15.7 Å². The molecule has 0 fully saturated rings. The minimum absolute atomic E-state index is 0.564. The number of hydrazine groups is 1. The van der Waals surface area contributed by atoms with E-state index in [0.717, 1.165) is 12.1 Å². The molecule has 0 spiro atoms. The molecular weight excluding hydrogens is 302 g/mol. The summed E-state index contributed by atoms with van der Waals surface area (Å²) < 4.78 is 28.7.